The number of hydrogen-bond acceptors (Lipinski definition) is 3. The predicted molar refractivity (Wildman–Crippen MR) is 115 cm³/mol. The van der Waals surface area contributed by atoms with E-state index in [4.69, 9.17) is 23.2 Å². The molecule has 0 amide bonds. The Morgan fingerprint density at radius 1 is 1.19 bits per heavy atom. The van der Waals surface area contributed by atoms with Crippen molar-refractivity contribution in [3.8, 4) is 6.07 Å². The molecule has 3 rings (SSSR count). The fraction of sp³-hybridized carbons (Fsp3) is 0.391. The molecule has 0 aliphatic carbocycles. The monoisotopic (exact) mass is 466 g/mol. The molecule has 0 saturated carbocycles. The second kappa shape index (κ2) is 8.38. The third kappa shape index (κ3) is 4.27. The summed E-state index contributed by atoms with van der Waals surface area (Å²) in [5, 5.41) is 23.6. The van der Waals surface area contributed by atoms with E-state index in [2.05, 4.69) is 11.4 Å². The van der Waals surface area contributed by atoms with Gasteiger partial charge >= 0.3 is 5.97 Å². The molecule has 31 heavy (non-hydrogen) atoms. The summed E-state index contributed by atoms with van der Waals surface area (Å²) >= 11 is 12.0. The lowest BCUT2D eigenvalue weighted by molar-refractivity contribution is -0.139. The molecule has 0 spiro atoms. The molecule has 1 aliphatic heterocycles. The van der Waals surface area contributed by atoms with Crippen LogP contribution in [0.1, 0.15) is 44.2 Å². The van der Waals surface area contributed by atoms with Crippen molar-refractivity contribution in [1.82, 2.24) is 5.32 Å². The van der Waals surface area contributed by atoms with Gasteiger partial charge in [0.1, 0.15) is 23.1 Å². The zero-order valence-corrected chi connectivity index (χ0v) is 18.7. The lowest BCUT2D eigenvalue weighted by Gasteiger charge is -2.37. The second-order valence-electron chi connectivity index (χ2n) is 9.06. The third-order valence-electron chi connectivity index (χ3n) is 5.65. The SMILES string of the molecule is CC(C)(C)C[C@@H]1N[C@@H](C(=O)O)[C@H](c2cccc(Cl)c2)[C@@]1(C#N)c1c(F)cc(Cl)cc1F. The standard InChI is InChI=1S/C23H22Cl2F2N2O2/c1-22(2,3)10-17-23(11-28,19-15(26)8-14(25)9-16(19)27)18(20(29-17)21(30)31)12-5-4-6-13(24)7-12/h4-9,17-18,20,29H,10H2,1-3H3,(H,30,31)/t17-,18-,20+,23-/m0/s1. The zero-order valence-electron chi connectivity index (χ0n) is 17.2. The highest BCUT2D eigenvalue weighted by Gasteiger charge is 2.61. The Morgan fingerprint density at radius 3 is 2.29 bits per heavy atom. The average molecular weight is 467 g/mol. The summed E-state index contributed by atoms with van der Waals surface area (Å²) in [4.78, 5) is 12.2. The molecule has 0 unspecified atom stereocenters. The highest BCUT2D eigenvalue weighted by atomic mass is 35.5. The Balaban J connectivity index is 2.39. The second-order valence-corrected chi connectivity index (χ2v) is 9.93. The minimum atomic E-state index is -1.86. The highest BCUT2D eigenvalue weighted by molar-refractivity contribution is 6.30. The highest BCUT2D eigenvalue weighted by Crippen LogP contribution is 2.52. The van der Waals surface area contributed by atoms with Gasteiger partial charge in [0.15, 0.2) is 0 Å². The van der Waals surface area contributed by atoms with E-state index in [1.54, 1.807) is 18.2 Å². The maximum atomic E-state index is 15.2. The smallest absolute Gasteiger partial charge is 0.321 e. The molecule has 1 fully saturated rings. The van der Waals surface area contributed by atoms with Gasteiger partial charge in [0.05, 0.1) is 6.07 Å². The largest absolute Gasteiger partial charge is 0.480 e. The average Bonchev–Trinajstić information content (AvgIpc) is 2.94. The Labute approximate surface area is 189 Å². The fourth-order valence-corrected chi connectivity index (χ4v) is 4.99. The molecular formula is C23H22Cl2F2N2O2. The molecule has 4 nitrogen and oxygen atoms in total. The summed E-state index contributed by atoms with van der Waals surface area (Å²) in [5.74, 6) is -4.32. The first-order chi connectivity index (χ1) is 14.4. The van der Waals surface area contributed by atoms with Gasteiger partial charge in [-0.2, -0.15) is 5.26 Å². The Bertz CT molecular complexity index is 1040. The van der Waals surface area contributed by atoms with Crippen LogP contribution < -0.4 is 5.32 Å². The first-order valence-corrected chi connectivity index (χ1v) is 10.5. The number of carbonyl (C=O) groups is 1. The van der Waals surface area contributed by atoms with Crippen LogP contribution in [0.3, 0.4) is 0 Å². The summed E-state index contributed by atoms with van der Waals surface area (Å²) < 4.78 is 30.4. The van der Waals surface area contributed by atoms with E-state index in [0.29, 0.717) is 17.0 Å². The van der Waals surface area contributed by atoms with Gasteiger partial charge in [-0.05, 0) is 41.7 Å². The van der Waals surface area contributed by atoms with Crippen LogP contribution in [0, 0.1) is 28.4 Å². The van der Waals surface area contributed by atoms with E-state index >= 15 is 8.78 Å². The van der Waals surface area contributed by atoms with Crippen LogP contribution in [-0.4, -0.2) is 23.2 Å². The summed E-state index contributed by atoms with van der Waals surface area (Å²) in [6, 6.07) is 8.26. The number of rotatable bonds is 4. The Hall–Kier alpha value is -2.20. The number of nitrogens with zero attached hydrogens (tertiary/aromatic N) is 1. The first-order valence-electron chi connectivity index (χ1n) is 9.71. The van der Waals surface area contributed by atoms with E-state index < -0.39 is 46.6 Å². The zero-order chi connectivity index (χ0) is 23.1. The lowest BCUT2D eigenvalue weighted by atomic mass is 9.62. The number of carboxylic acid groups (broad SMARTS) is 1. The first kappa shape index (κ1) is 23.5. The number of hydrogen-bond donors (Lipinski definition) is 2. The molecule has 0 aromatic heterocycles. The molecule has 0 radical (unpaired) electrons. The Morgan fingerprint density at radius 2 is 1.81 bits per heavy atom. The minimum absolute atomic E-state index is 0.153. The fourth-order valence-electron chi connectivity index (χ4n) is 4.60. The molecule has 2 N–H and O–H groups in total. The van der Waals surface area contributed by atoms with Gasteiger partial charge in [0.25, 0.3) is 0 Å². The summed E-state index contributed by atoms with van der Waals surface area (Å²) in [5.41, 5.74) is -2.32. The van der Waals surface area contributed by atoms with Crippen molar-refractivity contribution in [1.29, 1.82) is 5.26 Å². The molecule has 1 aliphatic rings. The molecule has 4 atom stereocenters. The maximum Gasteiger partial charge on any atom is 0.321 e. The topological polar surface area (TPSA) is 73.1 Å². The molecule has 2 aromatic carbocycles. The van der Waals surface area contributed by atoms with E-state index in [9.17, 15) is 15.2 Å². The summed E-state index contributed by atoms with van der Waals surface area (Å²) in [7, 11) is 0. The van der Waals surface area contributed by atoms with Crippen molar-refractivity contribution in [2.75, 3.05) is 0 Å². The molecular weight excluding hydrogens is 445 g/mol. The number of nitrogens with one attached hydrogen (secondary N) is 1. The van der Waals surface area contributed by atoms with Gasteiger partial charge in [-0.25, -0.2) is 8.78 Å². The number of aliphatic carboxylic acids is 1. The minimum Gasteiger partial charge on any atom is -0.480 e. The predicted octanol–water partition coefficient (Wildman–Crippen LogP) is 5.68. The van der Waals surface area contributed by atoms with Crippen LogP contribution in [0.4, 0.5) is 8.78 Å². The third-order valence-corrected chi connectivity index (χ3v) is 6.10. The van der Waals surface area contributed by atoms with Gasteiger partial charge in [0.2, 0.25) is 0 Å². The molecule has 164 valence electrons. The van der Waals surface area contributed by atoms with Gasteiger partial charge < -0.3 is 5.11 Å². The van der Waals surface area contributed by atoms with Gasteiger partial charge in [0, 0.05) is 27.6 Å². The number of benzene rings is 2. The van der Waals surface area contributed by atoms with E-state index in [0.717, 1.165) is 12.1 Å². The summed E-state index contributed by atoms with van der Waals surface area (Å²) in [6.07, 6.45) is 0.295. The van der Waals surface area contributed by atoms with Crippen molar-refractivity contribution in [2.24, 2.45) is 5.41 Å². The maximum absolute atomic E-state index is 15.2. The Kier molecular flexibility index (Phi) is 6.35. The molecule has 8 heteroatoms. The van der Waals surface area contributed by atoms with Crippen LogP contribution in [-0.2, 0) is 10.2 Å². The van der Waals surface area contributed by atoms with E-state index in [1.165, 1.54) is 6.07 Å². The van der Waals surface area contributed by atoms with E-state index in [1.807, 2.05) is 20.8 Å². The van der Waals surface area contributed by atoms with Gasteiger partial charge in [-0.15, -0.1) is 0 Å². The molecule has 1 heterocycles. The van der Waals surface area contributed by atoms with Crippen LogP contribution in [0.5, 0.6) is 0 Å². The molecule has 0 bridgehead atoms. The van der Waals surface area contributed by atoms with Crippen LogP contribution in [0.25, 0.3) is 0 Å². The van der Waals surface area contributed by atoms with Crippen LogP contribution >= 0.6 is 23.2 Å². The van der Waals surface area contributed by atoms with Crippen molar-refractivity contribution >= 4 is 29.2 Å². The van der Waals surface area contributed by atoms with Crippen LogP contribution in [0.2, 0.25) is 10.0 Å². The van der Waals surface area contributed by atoms with Crippen molar-refractivity contribution in [2.45, 2.75) is 50.6 Å². The van der Waals surface area contributed by atoms with Crippen molar-refractivity contribution in [3.63, 3.8) is 0 Å². The normalized spacial score (nSPS) is 25.9. The van der Waals surface area contributed by atoms with Gasteiger partial charge in [-0.3, -0.25) is 10.1 Å². The van der Waals surface area contributed by atoms with Crippen LogP contribution in [0.15, 0.2) is 36.4 Å². The number of carboxylic acids is 1. The molecule has 1 saturated heterocycles. The lowest BCUT2D eigenvalue weighted by Crippen LogP contribution is -2.45. The number of nitriles is 1. The van der Waals surface area contributed by atoms with Crippen molar-refractivity contribution < 1.29 is 18.7 Å². The van der Waals surface area contributed by atoms with Crippen molar-refractivity contribution in [3.05, 3.63) is 69.2 Å². The van der Waals surface area contributed by atoms with E-state index in [-0.39, 0.29) is 10.4 Å². The number of halogens is 4. The quantitative estimate of drug-likeness (QED) is 0.607. The summed E-state index contributed by atoms with van der Waals surface area (Å²) in [6.45, 7) is 5.73. The molecule has 2 aromatic rings. The van der Waals surface area contributed by atoms with Gasteiger partial charge in [-0.1, -0.05) is 56.1 Å².